The van der Waals surface area contributed by atoms with E-state index in [2.05, 4.69) is 16.0 Å². The Balaban J connectivity index is 1.35. The lowest BCUT2D eigenvalue weighted by atomic mass is 9.82. The number of hydrogen-bond donors (Lipinski definition) is 4. The summed E-state index contributed by atoms with van der Waals surface area (Å²) in [5.74, 6) is 0.383. The molecule has 0 saturated carbocycles. The van der Waals surface area contributed by atoms with Gasteiger partial charge < -0.3 is 40.0 Å². The maximum Gasteiger partial charge on any atom is 0.376 e. The maximum absolute atomic E-state index is 13.0. The highest BCUT2D eigenvalue weighted by molar-refractivity contribution is 6.45. The van der Waals surface area contributed by atoms with Crippen molar-refractivity contribution < 1.29 is 33.6 Å². The van der Waals surface area contributed by atoms with E-state index in [1.54, 1.807) is 49.3 Å². The number of piperidine rings is 1. The van der Waals surface area contributed by atoms with E-state index in [0.29, 0.717) is 22.9 Å². The van der Waals surface area contributed by atoms with Crippen molar-refractivity contribution in [3.8, 4) is 11.5 Å². The van der Waals surface area contributed by atoms with Gasteiger partial charge in [-0.1, -0.05) is 37.3 Å². The van der Waals surface area contributed by atoms with Crippen molar-refractivity contribution in [2.24, 2.45) is 5.92 Å². The second kappa shape index (κ2) is 16.7. The molecule has 1 fully saturated rings. The molecule has 244 valence electrons. The number of carbonyl (C=O) groups is 3. The maximum atomic E-state index is 13.0. The molecule has 0 aromatic heterocycles. The molecule has 1 aliphatic rings. The van der Waals surface area contributed by atoms with Crippen LogP contribution in [0, 0.1) is 12.8 Å². The number of methoxy groups -OCH3 is 1. The number of urea groups is 1. The van der Waals surface area contributed by atoms with Crippen molar-refractivity contribution in [1.82, 2.24) is 4.81 Å². The second-order valence-corrected chi connectivity index (χ2v) is 11.7. The van der Waals surface area contributed by atoms with Crippen LogP contribution >= 0.6 is 0 Å². The quantitative estimate of drug-likeness (QED) is 0.147. The molecular weight excluding hydrogens is 587 g/mol. The fraction of sp³-hybridized carbons (Fsp3) is 0.382. The third-order valence-corrected chi connectivity index (χ3v) is 7.76. The Morgan fingerprint density at radius 1 is 0.957 bits per heavy atom. The number of para-hydroxylation sites is 1. The fourth-order valence-corrected chi connectivity index (χ4v) is 5.10. The largest absolute Gasteiger partial charge is 0.489 e. The molecule has 4 N–H and O–H groups in total. The van der Waals surface area contributed by atoms with Crippen molar-refractivity contribution in [3.63, 3.8) is 0 Å². The Morgan fingerprint density at radius 2 is 1.65 bits per heavy atom. The Kier molecular flexibility index (Phi) is 12.4. The van der Waals surface area contributed by atoms with E-state index in [0.717, 1.165) is 42.7 Å². The molecule has 1 atom stereocenters. The number of nitrogens with one attached hydrogen (secondary N) is 3. The van der Waals surface area contributed by atoms with Crippen LogP contribution in [0.4, 0.5) is 21.9 Å². The molecule has 1 aliphatic heterocycles. The zero-order valence-electron chi connectivity index (χ0n) is 26.9. The first-order valence-electron chi connectivity index (χ1n) is 15.5. The first-order chi connectivity index (χ1) is 22.1. The summed E-state index contributed by atoms with van der Waals surface area (Å²) < 4.78 is 17.2. The normalized spacial score (nSPS) is 14.1. The van der Waals surface area contributed by atoms with Gasteiger partial charge in [0.2, 0.25) is 5.91 Å². The molecule has 0 bridgehead atoms. The Morgan fingerprint density at radius 3 is 2.33 bits per heavy atom. The molecule has 3 amide bonds. The third kappa shape index (κ3) is 10.5. The van der Waals surface area contributed by atoms with Gasteiger partial charge in [0.05, 0.1) is 26.6 Å². The van der Waals surface area contributed by atoms with Crippen LogP contribution < -0.4 is 25.4 Å². The molecule has 0 radical (unpaired) electrons. The summed E-state index contributed by atoms with van der Waals surface area (Å²) in [6, 6.07) is 19.5. The highest BCUT2D eigenvalue weighted by atomic mass is 16.5. The molecular formula is C34H43BN4O7. The van der Waals surface area contributed by atoms with E-state index in [1.165, 1.54) is 7.11 Å². The summed E-state index contributed by atoms with van der Waals surface area (Å²) in [7, 11) is 0.860. The van der Waals surface area contributed by atoms with Crippen molar-refractivity contribution in [3.05, 3.63) is 77.9 Å². The summed E-state index contributed by atoms with van der Waals surface area (Å²) in [6.07, 6.45) is 1.81. The zero-order valence-corrected chi connectivity index (χ0v) is 26.9. The number of aryl methyl sites for hydroxylation is 1. The molecule has 3 aromatic carbocycles. The molecule has 12 heteroatoms. The summed E-state index contributed by atoms with van der Waals surface area (Å²) in [6.45, 7) is 7.28. The van der Waals surface area contributed by atoms with E-state index >= 15 is 0 Å². The fourth-order valence-electron chi connectivity index (χ4n) is 5.10. The Hall–Kier alpha value is -4.55. The van der Waals surface area contributed by atoms with Gasteiger partial charge in [0.1, 0.15) is 6.10 Å². The van der Waals surface area contributed by atoms with Crippen molar-refractivity contribution in [1.29, 1.82) is 0 Å². The SMILES string of the molecule is COC(=O)CC(C)COc1cc(NC(=O)Cc2ccc(NC(=O)Nc3ccccc3C)cc2)ccc1OC1CCN(B(C)O)CC1. The van der Waals surface area contributed by atoms with Crippen molar-refractivity contribution in [2.45, 2.75) is 52.5 Å². The highest BCUT2D eigenvalue weighted by Crippen LogP contribution is 2.33. The lowest BCUT2D eigenvalue weighted by Gasteiger charge is -2.33. The van der Waals surface area contributed by atoms with Crippen molar-refractivity contribution in [2.75, 3.05) is 42.8 Å². The van der Waals surface area contributed by atoms with Crippen LogP contribution in [-0.2, 0) is 20.7 Å². The number of amides is 3. The number of esters is 1. The Labute approximate surface area is 270 Å². The number of nitrogens with zero attached hydrogens (tertiary/aromatic N) is 1. The minimum absolute atomic E-state index is 0.0451. The van der Waals surface area contributed by atoms with Crippen LogP contribution in [0.25, 0.3) is 0 Å². The molecule has 3 aromatic rings. The van der Waals surface area contributed by atoms with E-state index < -0.39 is 7.05 Å². The number of ether oxygens (including phenoxy) is 3. The molecule has 4 rings (SSSR count). The van der Waals surface area contributed by atoms with Gasteiger partial charge in [0.15, 0.2) is 11.5 Å². The van der Waals surface area contributed by atoms with Gasteiger partial charge in [0, 0.05) is 29.0 Å². The number of rotatable bonds is 13. The third-order valence-electron chi connectivity index (χ3n) is 7.76. The van der Waals surface area contributed by atoms with Gasteiger partial charge in [-0.25, -0.2) is 4.79 Å². The van der Waals surface area contributed by atoms with Gasteiger partial charge in [0.25, 0.3) is 0 Å². The standard InChI is InChI=1S/C34H43BN4O7/c1-23(19-33(41)44-4)22-45-31-21-27(13-14-30(31)46-28-15-17-39(18-16-28)35(3)43)36-32(40)20-25-9-11-26(12-10-25)37-34(42)38-29-8-6-5-7-24(29)2/h5-14,21,23,28,43H,15-20,22H2,1-4H3,(H,36,40)(H2,37,38,42). The van der Waals surface area contributed by atoms with Gasteiger partial charge in [-0.3, -0.25) is 9.59 Å². The van der Waals surface area contributed by atoms with Crippen LogP contribution in [0.2, 0.25) is 6.82 Å². The first-order valence-corrected chi connectivity index (χ1v) is 15.5. The summed E-state index contributed by atoms with van der Waals surface area (Å²) in [4.78, 5) is 39.1. The average molecular weight is 631 g/mol. The predicted octanol–water partition coefficient (Wildman–Crippen LogP) is 5.35. The monoisotopic (exact) mass is 630 g/mol. The molecule has 1 saturated heterocycles. The number of carbonyl (C=O) groups excluding carboxylic acids is 3. The first kappa shape index (κ1) is 34.3. The van der Waals surface area contributed by atoms with Gasteiger partial charge in [-0.2, -0.15) is 0 Å². The number of anilines is 3. The molecule has 0 spiro atoms. The van der Waals surface area contributed by atoms with E-state index in [4.69, 9.17) is 14.2 Å². The Bertz CT molecular complexity index is 1480. The second-order valence-electron chi connectivity index (χ2n) is 11.7. The summed E-state index contributed by atoms with van der Waals surface area (Å²) >= 11 is 0. The van der Waals surface area contributed by atoms with Crippen LogP contribution in [0.5, 0.6) is 11.5 Å². The minimum atomic E-state index is -0.496. The minimum Gasteiger partial charge on any atom is -0.489 e. The van der Waals surface area contributed by atoms with Crippen LogP contribution in [0.15, 0.2) is 66.7 Å². The summed E-state index contributed by atoms with van der Waals surface area (Å²) in [5, 5.41) is 18.4. The summed E-state index contributed by atoms with van der Waals surface area (Å²) in [5.41, 5.74) is 3.62. The van der Waals surface area contributed by atoms with E-state index in [1.807, 2.05) is 42.9 Å². The molecule has 11 nitrogen and oxygen atoms in total. The molecule has 46 heavy (non-hydrogen) atoms. The lowest BCUT2D eigenvalue weighted by molar-refractivity contribution is -0.141. The lowest BCUT2D eigenvalue weighted by Crippen LogP contribution is -2.45. The molecule has 0 aliphatic carbocycles. The predicted molar refractivity (Wildman–Crippen MR) is 179 cm³/mol. The van der Waals surface area contributed by atoms with Gasteiger partial charge >= 0.3 is 19.1 Å². The van der Waals surface area contributed by atoms with E-state index in [-0.39, 0.29) is 49.4 Å². The average Bonchev–Trinajstić information content (AvgIpc) is 3.03. The zero-order chi connectivity index (χ0) is 33.1. The van der Waals surface area contributed by atoms with Gasteiger partial charge in [-0.15, -0.1) is 0 Å². The molecule has 1 unspecified atom stereocenters. The van der Waals surface area contributed by atoms with E-state index in [9.17, 15) is 19.4 Å². The topological polar surface area (TPSA) is 138 Å². The number of hydrogen-bond acceptors (Lipinski definition) is 8. The van der Waals surface area contributed by atoms with Crippen LogP contribution in [0.3, 0.4) is 0 Å². The van der Waals surface area contributed by atoms with Crippen molar-refractivity contribution >= 4 is 42.0 Å². The van der Waals surface area contributed by atoms with Crippen LogP contribution in [-0.4, -0.2) is 67.7 Å². The highest BCUT2D eigenvalue weighted by Gasteiger charge is 2.26. The van der Waals surface area contributed by atoms with Gasteiger partial charge in [-0.05, 0) is 81.1 Å². The smallest absolute Gasteiger partial charge is 0.376 e. The number of benzene rings is 3. The molecule has 1 heterocycles. The van der Waals surface area contributed by atoms with Crippen LogP contribution in [0.1, 0.15) is 37.3 Å².